The van der Waals surface area contributed by atoms with E-state index in [1.807, 2.05) is 0 Å². The molecule has 0 unspecified atom stereocenters. The largest absolute Gasteiger partial charge is 0.228 e. The summed E-state index contributed by atoms with van der Waals surface area (Å²) >= 11 is 0. The van der Waals surface area contributed by atoms with Crippen molar-refractivity contribution >= 4 is 43.1 Å². The van der Waals surface area contributed by atoms with Crippen LogP contribution in [0.25, 0.3) is 122 Å². The average molecular weight is 899 g/mol. The molecule has 0 atom stereocenters. The van der Waals surface area contributed by atoms with Crippen molar-refractivity contribution in [3.05, 3.63) is 277 Å². The van der Waals surface area contributed by atoms with Gasteiger partial charge < -0.3 is 0 Å². The Morgan fingerprint density at radius 1 is 0.239 bits per heavy atom. The van der Waals surface area contributed by atoms with E-state index in [0.29, 0.717) is 5.82 Å². The van der Waals surface area contributed by atoms with Gasteiger partial charge in [-0.3, -0.25) is 0 Å². The Morgan fingerprint density at radius 2 is 0.761 bits per heavy atom. The molecule has 328 valence electrons. The minimum atomic E-state index is -0.449. The van der Waals surface area contributed by atoms with Gasteiger partial charge in [0.2, 0.25) is 0 Å². The molecule has 0 N–H and O–H groups in total. The van der Waals surface area contributed by atoms with Crippen molar-refractivity contribution in [2.75, 3.05) is 0 Å². The smallest absolute Gasteiger partial charge is 0.160 e. The van der Waals surface area contributed by atoms with E-state index in [2.05, 4.69) is 255 Å². The molecule has 1 heterocycles. The summed E-state index contributed by atoms with van der Waals surface area (Å²) in [5.74, 6) is 0.700. The zero-order chi connectivity index (χ0) is 46.6. The first kappa shape index (κ1) is 39.7. The van der Waals surface area contributed by atoms with E-state index < -0.39 is 5.41 Å². The normalized spacial score (nSPS) is 12.9. The van der Waals surface area contributed by atoms with Crippen molar-refractivity contribution in [1.82, 2.24) is 9.97 Å². The molecule has 0 amide bonds. The molecule has 15 rings (SSSR count). The number of aromatic nitrogens is 2. The number of hydrogen-bond acceptors (Lipinski definition) is 2. The fraction of sp³-hybridized carbons (Fsp3) is 0.0145. The Balaban J connectivity index is 0.894. The first-order valence-electron chi connectivity index (χ1n) is 24.6. The fourth-order valence-electron chi connectivity index (χ4n) is 12.5. The monoisotopic (exact) mass is 898 g/mol. The third kappa shape index (κ3) is 5.77. The fourth-order valence-corrected chi connectivity index (χ4v) is 12.5. The van der Waals surface area contributed by atoms with E-state index in [9.17, 15) is 0 Å². The van der Waals surface area contributed by atoms with Crippen LogP contribution < -0.4 is 0 Å². The lowest BCUT2D eigenvalue weighted by Gasteiger charge is -2.30. The minimum absolute atomic E-state index is 0.449. The second-order valence-electron chi connectivity index (χ2n) is 19.1. The van der Waals surface area contributed by atoms with E-state index in [1.165, 1.54) is 104 Å². The maximum absolute atomic E-state index is 5.47. The molecule has 0 saturated carbocycles. The summed E-state index contributed by atoms with van der Waals surface area (Å²) in [4.78, 5) is 10.9. The predicted molar refractivity (Wildman–Crippen MR) is 296 cm³/mol. The maximum Gasteiger partial charge on any atom is 0.160 e. The van der Waals surface area contributed by atoms with Gasteiger partial charge in [-0.05, 0) is 122 Å². The van der Waals surface area contributed by atoms with Crippen LogP contribution in [-0.4, -0.2) is 9.97 Å². The van der Waals surface area contributed by atoms with Crippen molar-refractivity contribution in [1.29, 1.82) is 0 Å². The highest BCUT2D eigenvalue weighted by Crippen LogP contribution is 2.64. The summed E-state index contributed by atoms with van der Waals surface area (Å²) in [5, 5.41) is 9.91. The molecule has 2 aliphatic rings. The van der Waals surface area contributed by atoms with Crippen LogP contribution in [0, 0.1) is 0 Å². The van der Waals surface area contributed by atoms with Gasteiger partial charge in [-0.25, -0.2) is 9.97 Å². The molecule has 71 heavy (non-hydrogen) atoms. The Kier molecular flexibility index (Phi) is 8.61. The molecule has 1 aromatic heterocycles. The van der Waals surface area contributed by atoms with E-state index in [1.54, 1.807) is 0 Å². The van der Waals surface area contributed by atoms with E-state index >= 15 is 0 Å². The molecule has 12 aromatic carbocycles. The number of rotatable bonds is 5. The molecule has 0 saturated heterocycles. The summed E-state index contributed by atoms with van der Waals surface area (Å²) < 4.78 is 0. The van der Waals surface area contributed by atoms with Crippen LogP contribution in [0.3, 0.4) is 0 Å². The van der Waals surface area contributed by atoms with Gasteiger partial charge in [0.1, 0.15) is 0 Å². The first-order valence-corrected chi connectivity index (χ1v) is 24.6. The SMILES string of the molecule is c1ccc(-c2nc(-c3cccc4c3-c3ccccc3C43c4ccccc4-c4ccccc43)cc(-c3ccc(-c4ccc(-c5c6ccccc6cc6c5ccc5ccccc56)cc4)c4ccccc34)n2)cc1. The first-order chi connectivity index (χ1) is 35.2. The lowest BCUT2D eigenvalue weighted by molar-refractivity contribution is 0.794. The molecule has 2 nitrogen and oxygen atoms in total. The van der Waals surface area contributed by atoms with Gasteiger partial charge in [-0.1, -0.05) is 243 Å². The van der Waals surface area contributed by atoms with E-state index in [-0.39, 0.29) is 0 Å². The van der Waals surface area contributed by atoms with Crippen LogP contribution in [0.4, 0.5) is 0 Å². The second-order valence-corrected chi connectivity index (χ2v) is 19.1. The number of hydrogen-bond donors (Lipinski definition) is 0. The number of fused-ring (bicyclic) bond motifs is 15. The summed E-state index contributed by atoms with van der Waals surface area (Å²) in [7, 11) is 0. The topological polar surface area (TPSA) is 25.8 Å². The van der Waals surface area contributed by atoms with Crippen molar-refractivity contribution in [3.8, 4) is 78.4 Å². The van der Waals surface area contributed by atoms with Crippen LogP contribution in [-0.2, 0) is 5.41 Å². The molecule has 0 radical (unpaired) electrons. The molecule has 13 aromatic rings. The highest BCUT2D eigenvalue weighted by Gasteiger charge is 2.52. The van der Waals surface area contributed by atoms with Crippen molar-refractivity contribution in [2.24, 2.45) is 0 Å². The van der Waals surface area contributed by atoms with E-state index in [4.69, 9.17) is 9.97 Å². The third-order valence-corrected chi connectivity index (χ3v) is 15.5. The Labute approximate surface area is 411 Å². The summed E-state index contributed by atoms with van der Waals surface area (Å²) in [6.07, 6.45) is 0. The van der Waals surface area contributed by atoms with Crippen LogP contribution in [0.15, 0.2) is 255 Å². The quantitative estimate of drug-likeness (QED) is 0.127. The number of nitrogens with zero attached hydrogens (tertiary/aromatic N) is 2. The van der Waals surface area contributed by atoms with Gasteiger partial charge in [0.15, 0.2) is 5.82 Å². The van der Waals surface area contributed by atoms with Gasteiger partial charge in [-0.2, -0.15) is 0 Å². The van der Waals surface area contributed by atoms with Gasteiger partial charge >= 0.3 is 0 Å². The van der Waals surface area contributed by atoms with Gasteiger partial charge in [0, 0.05) is 16.7 Å². The highest BCUT2D eigenvalue weighted by atomic mass is 14.9. The molecule has 0 aliphatic heterocycles. The van der Waals surface area contributed by atoms with Gasteiger partial charge in [0.05, 0.1) is 16.8 Å². The molecule has 2 heteroatoms. The molecule has 2 aliphatic carbocycles. The summed E-state index contributed by atoms with van der Waals surface area (Å²) in [5.41, 5.74) is 19.6. The van der Waals surface area contributed by atoms with Crippen LogP contribution in [0.2, 0.25) is 0 Å². The third-order valence-electron chi connectivity index (χ3n) is 15.5. The number of benzene rings is 12. The Bertz CT molecular complexity index is 4290. The van der Waals surface area contributed by atoms with Crippen molar-refractivity contribution < 1.29 is 0 Å². The highest BCUT2D eigenvalue weighted by molar-refractivity contribution is 6.20. The van der Waals surface area contributed by atoms with Gasteiger partial charge in [-0.15, -0.1) is 0 Å². The zero-order valence-electron chi connectivity index (χ0n) is 38.6. The van der Waals surface area contributed by atoms with Gasteiger partial charge in [0.25, 0.3) is 0 Å². The molecule has 0 bridgehead atoms. The zero-order valence-corrected chi connectivity index (χ0v) is 38.6. The van der Waals surface area contributed by atoms with E-state index in [0.717, 1.165) is 33.5 Å². The standard InChI is InChI=1S/C69H42N2/c1-2-18-46(19-3-1)68-70-64(42-65(71-68)58-28-16-32-63-67(58)57-27-12-15-31-62(57)69(63)60-29-13-10-25-53(60)54-26-11-14-30-61(54)69)55-40-39-49(51-23-8-9-24-52(51)55)44-33-35-45(36-34-44)66-50-22-7-5-20-47(50)41-59-48-21-6-4-17-43(48)37-38-56(59)66/h1-42H. The summed E-state index contributed by atoms with van der Waals surface area (Å²) in [6, 6.07) is 93.4. The molecular formula is C69H42N2. The maximum atomic E-state index is 5.47. The van der Waals surface area contributed by atoms with Crippen molar-refractivity contribution in [2.45, 2.75) is 5.41 Å². The second kappa shape index (κ2) is 15.4. The lowest BCUT2D eigenvalue weighted by Crippen LogP contribution is -2.25. The van der Waals surface area contributed by atoms with Crippen molar-refractivity contribution in [3.63, 3.8) is 0 Å². The Morgan fingerprint density at radius 3 is 1.49 bits per heavy atom. The molecular weight excluding hydrogens is 857 g/mol. The summed E-state index contributed by atoms with van der Waals surface area (Å²) in [6.45, 7) is 0. The lowest BCUT2D eigenvalue weighted by atomic mass is 9.70. The average Bonchev–Trinajstić information content (AvgIpc) is 3.92. The molecule has 1 spiro atoms. The van der Waals surface area contributed by atoms with Crippen LogP contribution >= 0.6 is 0 Å². The molecule has 0 fully saturated rings. The minimum Gasteiger partial charge on any atom is -0.228 e. The Hall–Kier alpha value is -9.24. The predicted octanol–water partition coefficient (Wildman–Crippen LogP) is 17.8. The van der Waals surface area contributed by atoms with Crippen LogP contribution in [0.1, 0.15) is 22.3 Å². The van der Waals surface area contributed by atoms with Crippen LogP contribution in [0.5, 0.6) is 0 Å².